The number of halogens is 3. The normalized spacial score (nSPS) is 10.2. The van der Waals surface area contributed by atoms with Crippen LogP contribution in [-0.2, 0) is 0 Å². The summed E-state index contributed by atoms with van der Waals surface area (Å²) in [5, 5.41) is 12.3. The molecule has 0 spiro atoms. The molecule has 2 aromatic carbocycles. The zero-order chi connectivity index (χ0) is 15.6. The van der Waals surface area contributed by atoms with Gasteiger partial charge in [-0.05, 0) is 46.3 Å². The molecule has 0 radical (unpaired) electrons. The number of hydrogen-bond donors (Lipinski definition) is 2. The lowest BCUT2D eigenvalue weighted by atomic mass is 10.1. The SMILES string of the molecule is O=C(Nc1c(Br)cccc1C(=O)O)c1ccc(Cl)cc1Cl. The molecule has 1 amide bonds. The van der Waals surface area contributed by atoms with Crippen LogP contribution < -0.4 is 5.32 Å². The first kappa shape index (κ1) is 15.8. The van der Waals surface area contributed by atoms with Crippen molar-refractivity contribution in [1.82, 2.24) is 0 Å². The van der Waals surface area contributed by atoms with Gasteiger partial charge in [0.1, 0.15) is 0 Å². The number of amides is 1. The highest BCUT2D eigenvalue weighted by atomic mass is 79.9. The first-order valence-electron chi connectivity index (χ1n) is 5.68. The van der Waals surface area contributed by atoms with Crippen molar-refractivity contribution >= 4 is 56.7 Å². The van der Waals surface area contributed by atoms with Crippen molar-refractivity contribution in [2.75, 3.05) is 5.32 Å². The Morgan fingerprint density at radius 1 is 1.10 bits per heavy atom. The Balaban J connectivity index is 2.38. The zero-order valence-electron chi connectivity index (χ0n) is 10.4. The second-order valence-corrected chi connectivity index (χ2v) is 5.74. The minimum absolute atomic E-state index is 0.0252. The number of para-hydroxylation sites is 1. The van der Waals surface area contributed by atoms with E-state index in [9.17, 15) is 9.59 Å². The fourth-order valence-corrected chi connectivity index (χ4v) is 2.64. The van der Waals surface area contributed by atoms with Crippen LogP contribution >= 0.6 is 39.1 Å². The van der Waals surface area contributed by atoms with Crippen LogP contribution in [0.2, 0.25) is 10.0 Å². The number of benzene rings is 2. The third-order valence-electron chi connectivity index (χ3n) is 2.66. The van der Waals surface area contributed by atoms with Gasteiger partial charge in [-0.15, -0.1) is 0 Å². The number of rotatable bonds is 3. The van der Waals surface area contributed by atoms with Crippen LogP contribution in [0.25, 0.3) is 0 Å². The van der Waals surface area contributed by atoms with E-state index in [0.717, 1.165) is 0 Å². The van der Waals surface area contributed by atoms with Crippen LogP contribution in [0.1, 0.15) is 20.7 Å². The summed E-state index contributed by atoms with van der Waals surface area (Å²) in [6, 6.07) is 9.03. The number of hydrogen-bond acceptors (Lipinski definition) is 2. The number of carboxylic acid groups (broad SMARTS) is 1. The van der Waals surface area contributed by atoms with Gasteiger partial charge < -0.3 is 10.4 Å². The van der Waals surface area contributed by atoms with Crippen LogP contribution in [-0.4, -0.2) is 17.0 Å². The molecule has 0 heterocycles. The number of carbonyl (C=O) groups is 2. The Morgan fingerprint density at radius 2 is 1.81 bits per heavy atom. The van der Waals surface area contributed by atoms with E-state index >= 15 is 0 Å². The number of anilines is 1. The second kappa shape index (κ2) is 6.47. The van der Waals surface area contributed by atoms with Gasteiger partial charge in [0.2, 0.25) is 0 Å². The van der Waals surface area contributed by atoms with Crippen molar-refractivity contribution < 1.29 is 14.7 Å². The molecule has 0 aliphatic rings. The van der Waals surface area contributed by atoms with Crippen LogP contribution in [0.5, 0.6) is 0 Å². The van der Waals surface area contributed by atoms with E-state index < -0.39 is 11.9 Å². The van der Waals surface area contributed by atoms with Gasteiger partial charge in [-0.3, -0.25) is 4.79 Å². The molecule has 0 aliphatic heterocycles. The van der Waals surface area contributed by atoms with Gasteiger partial charge in [0.15, 0.2) is 0 Å². The number of aromatic carboxylic acids is 1. The van der Waals surface area contributed by atoms with Crippen molar-refractivity contribution in [1.29, 1.82) is 0 Å². The second-order valence-electron chi connectivity index (χ2n) is 4.05. The Hall–Kier alpha value is -1.56. The minimum Gasteiger partial charge on any atom is -0.478 e. The topological polar surface area (TPSA) is 66.4 Å². The fourth-order valence-electron chi connectivity index (χ4n) is 1.68. The highest BCUT2D eigenvalue weighted by Crippen LogP contribution is 2.28. The quantitative estimate of drug-likeness (QED) is 0.800. The summed E-state index contributed by atoms with van der Waals surface area (Å²) in [6.45, 7) is 0. The van der Waals surface area contributed by atoms with E-state index in [1.54, 1.807) is 12.1 Å². The summed E-state index contributed by atoms with van der Waals surface area (Å²) in [5.74, 6) is -1.67. The fraction of sp³-hybridized carbons (Fsp3) is 0. The van der Waals surface area contributed by atoms with Crippen LogP contribution in [0.3, 0.4) is 0 Å². The molecular weight excluding hydrogens is 381 g/mol. The number of nitrogens with one attached hydrogen (secondary N) is 1. The van der Waals surface area contributed by atoms with Gasteiger partial charge in [0.05, 0.1) is 21.8 Å². The molecule has 0 saturated heterocycles. The van der Waals surface area contributed by atoms with Gasteiger partial charge in [0.25, 0.3) is 5.91 Å². The number of carboxylic acids is 1. The van der Waals surface area contributed by atoms with Crippen LogP contribution in [0.15, 0.2) is 40.9 Å². The third kappa shape index (κ3) is 3.56. The molecule has 0 aliphatic carbocycles. The first-order chi connectivity index (χ1) is 9.90. The molecule has 21 heavy (non-hydrogen) atoms. The van der Waals surface area contributed by atoms with E-state index in [1.165, 1.54) is 24.3 Å². The minimum atomic E-state index is -1.14. The largest absolute Gasteiger partial charge is 0.478 e. The van der Waals surface area contributed by atoms with Gasteiger partial charge in [-0.1, -0.05) is 29.3 Å². The van der Waals surface area contributed by atoms with E-state index in [1.807, 2.05) is 0 Å². The smallest absolute Gasteiger partial charge is 0.337 e. The van der Waals surface area contributed by atoms with E-state index in [-0.39, 0.29) is 21.8 Å². The van der Waals surface area contributed by atoms with E-state index in [2.05, 4.69) is 21.2 Å². The molecule has 2 aromatic rings. The first-order valence-corrected chi connectivity index (χ1v) is 7.23. The molecule has 0 aromatic heterocycles. The van der Waals surface area contributed by atoms with Crippen molar-refractivity contribution in [2.24, 2.45) is 0 Å². The summed E-state index contributed by atoms with van der Waals surface area (Å²) in [4.78, 5) is 23.4. The van der Waals surface area contributed by atoms with Gasteiger partial charge in [-0.25, -0.2) is 4.79 Å². The molecule has 4 nitrogen and oxygen atoms in total. The maximum absolute atomic E-state index is 12.2. The Bertz CT molecular complexity index is 734. The van der Waals surface area contributed by atoms with Crippen molar-refractivity contribution in [3.05, 3.63) is 62.0 Å². The Kier molecular flexibility index (Phi) is 4.88. The third-order valence-corrected chi connectivity index (χ3v) is 3.87. The van der Waals surface area contributed by atoms with Crippen molar-refractivity contribution in [3.8, 4) is 0 Å². The molecule has 0 fully saturated rings. The molecule has 0 unspecified atom stereocenters. The monoisotopic (exact) mass is 387 g/mol. The molecule has 2 N–H and O–H groups in total. The Labute approximate surface area is 138 Å². The highest BCUT2D eigenvalue weighted by molar-refractivity contribution is 9.10. The molecule has 0 saturated carbocycles. The van der Waals surface area contributed by atoms with Gasteiger partial charge in [-0.2, -0.15) is 0 Å². The maximum Gasteiger partial charge on any atom is 0.337 e. The van der Waals surface area contributed by atoms with Crippen LogP contribution in [0, 0.1) is 0 Å². The molecule has 2 rings (SSSR count). The average Bonchev–Trinajstić information content (AvgIpc) is 2.40. The molecule has 0 atom stereocenters. The predicted octanol–water partition coefficient (Wildman–Crippen LogP) is 4.71. The predicted molar refractivity (Wildman–Crippen MR) is 85.5 cm³/mol. The lowest BCUT2D eigenvalue weighted by Gasteiger charge is -2.11. The summed E-state index contributed by atoms with van der Waals surface area (Å²) in [6.07, 6.45) is 0. The Morgan fingerprint density at radius 3 is 2.43 bits per heavy atom. The molecular formula is C14H8BrCl2NO3. The summed E-state index contributed by atoms with van der Waals surface area (Å²) in [5.41, 5.74) is 0.344. The van der Waals surface area contributed by atoms with Gasteiger partial charge >= 0.3 is 5.97 Å². The number of carbonyl (C=O) groups excluding carboxylic acids is 1. The summed E-state index contributed by atoms with van der Waals surface area (Å²) >= 11 is 14.9. The lowest BCUT2D eigenvalue weighted by molar-refractivity contribution is 0.0698. The average molecular weight is 389 g/mol. The maximum atomic E-state index is 12.2. The molecule has 108 valence electrons. The summed E-state index contributed by atoms with van der Waals surface area (Å²) < 4.78 is 0.459. The lowest BCUT2D eigenvalue weighted by Crippen LogP contribution is -2.15. The standard InChI is InChI=1S/C14H8BrCl2NO3/c15-10-3-1-2-9(14(20)21)12(10)18-13(19)8-5-4-7(16)6-11(8)17/h1-6H,(H,18,19)(H,20,21). The van der Waals surface area contributed by atoms with E-state index in [0.29, 0.717) is 9.50 Å². The van der Waals surface area contributed by atoms with E-state index in [4.69, 9.17) is 28.3 Å². The molecule has 0 bridgehead atoms. The van der Waals surface area contributed by atoms with Crippen molar-refractivity contribution in [3.63, 3.8) is 0 Å². The zero-order valence-corrected chi connectivity index (χ0v) is 13.5. The van der Waals surface area contributed by atoms with Crippen molar-refractivity contribution in [2.45, 2.75) is 0 Å². The van der Waals surface area contributed by atoms with Gasteiger partial charge in [0, 0.05) is 9.50 Å². The highest BCUT2D eigenvalue weighted by Gasteiger charge is 2.17. The van der Waals surface area contributed by atoms with Crippen LogP contribution in [0.4, 0.5) is 5.69 Å². The summed E-state index contributed by atoms with van der Waals surface area (Å²) in [7, 11) is 0. The molecule has 7 heteroatoms.